The maximum absolute atomic E-state index is 12.0. The maximum Gasteiger partial charge on any atom is 0.255 e. The van der Waals surface area contributed by atoms with Crippen LogP contribution in [0.3, 0.4) is 0 Å². The van der Waals surface area contributed by atoms with Gasteiger partial charge in [0.1, 0.15) is 0 Å². The molecule has 0 unspecified atom stereocenters. The first-order valence-corrected chi connectivity index (χ1v) is 6.02. The molecule has 2 heterocycles. The molecule has 0 radical (unpaired) electrons. The number of hydrogen-bond acceptors (Lipinski definition) is 2. The van der Waals surface area contributed by atoms with Crippen LogP contribution in [-0.2, 0) is 5.41 Å². The van der Waals surface area contributed by atoms with Gasteiger partial charge in [-0.15, -0.1) is 11.3 Å². The van der Waals surface area contributed by atoms with E-state index in [9.17, 15) is 4.79 Å². The zero-order chi connectivity index (χ0) is 9.76. The van der Waals surface area contributed by atoms with Crippen LogP contribution in [0.25, 0.3) is 0 Å². The van der Waals surface area contributed by atoms with Crippen LogP contribution in [-0.4, -0.2) is 23.9 Å². The number of hydrogen-bond donors (Lipinski definition) is 0. The summed E-state index contributed by atoms with van der Waals surface area (Å²) in [7, 11) is 0. The normalized spacial score (nSPS) is 22.6. The fourth-order valence-electron chi connectivity index (χ4n) is 2.36. The summed E-state index contributed by atoms with van der Waals surface area (Å²) in [5.41, 5.74) is 1.34. The van der Waals surface area contributed by atoms with Gasteiger partial charge >= 0.3 is 0 Å². The fraction of sp³-hybridized carbons (Fsp3) is 0.545. The molecule has 0 saturated heterocycles. The molecule has 0 N–H and O–H groups in total. The van der Waals surface area contributed by atoms with Crippen molar-refractivity contribution in [3.63, 3.8) is 0 Å². The van der Waals surface area contributed by atoms with Crippen LogP contribution >= 0.6 is 11.3 Å². The van der Waals surface area contributed by atoms with Gasteiger partial charge in [0, 0.05) is 23.4 Å². The SMILES string of the molecule is CCN1CC2(CC2)c2sccc2C1=O. The molecule has 1 saturated carbocycles. The summed E-state index contributed by atoms with van der Waals surface area (Å²) in [4.78, 5) is 15.3. The highest BCUT2D eigenvalue weighted by molar-refractivity contribution is 7.10. The lowest BCUT2D eigenvalue weighted by molar-refractivity contribution is 0.0726. The van der Waals surface area contributed by atoms with Gasteiger partial charge in [0.15, 0.2) is 0 Å². The molecular weight excluding hydrogens is 194 g/mol. The van der Waals surface area contributed by atoms with Crippen LogP contribution in [0.4, 0.5) is 0 Å². The number of carbonyl (C=O) groups excluding carboxylic acids is 1. The minimum atomic E-state index is 0.237. The third-order valence-electron chi connectivity index (χ3n) is 3.39. The van der Waals surface area contributed by atoms with Crippen molar-refractivity contribution in [1.82, 2.24) is 4.90 Å². The largest absolute Gasteiger partial charge is 0.338 e. The first-order valence-electron chi connectivity index (χ1n) is 5.14. The highest BCUT2D eigenvalue weighted by Gasteiger charge is 2.51. The van der Waals surface area contributed by atoms with Gasteiger partial charge < -0.3 is 4.90 Å². The Morgan fingerprint density at radius 3 is 3.00 bits per heavy atom. The number of nitrogens with zero attached hydrogens (tertiary/aromatic N) is 1. The van der Waals surface area contributed by atoms with E-state index in [0.717, 1.165) is 18.7 Å². The predicted octanol–water partition coefficient (Wildman–Crippen LogP) is 2.26. The minimum absolute atomic E-state index is 0.237. The van der Waals surface area contributed by atoms with Crippen molar-refractivity contribution in [2.75, 3.05) is 13.1 Å². The molecule has 2 nitrogen and oxygen atoms in total. The predicted molar refractivity (Wildman–Crippen MR) is 56.8 cm³/mol. The van der Waals surface area contributed by atoms with E-state index in [1.165, 1.54) is 17.7 Å². The number of amides is 1. The first-order chi connectivity index (χ1) is 6.77. The van der Waals surface area contributed by atoms with Crippen molar-refractivity contribution in [1.29, 1.82) is 0 Å². The van der Waals surface area contributed by atoms with Crippen molar-refractivity contribution in [3.8, 4) is 0 Å². The van der Waals surface area contributed by atoms with Crippen molar-refractivity contribution in [2.24, 2.45) is 0 Å². The van der Waals surface area contributed by atoms with Gasteiger partial charge in [-0.3, -0.25) is 4.79 Å². The summed E-state index contributed by atoms with van der Waals surface area (Å²) in [6, 6.07) is 1.99. The molecule has 3 heteroatoms. The second-order valence-corrected chi connectivity index (χ2v) is 5.18. The molecule has 3 rings (SSSR count). The summed E-state index contributed by atoms with van der Waals surface area (Å²) >= 11 is 1.76. The van der Waals surface area contributed by atoms with Crippen molar-refractivity contribution in [3.05, 3.63) is 21.9 Å². The maximum atomic E-state index is 12.0. The zero-order valence-corrected chi connectivity index (χ0v) is 9.06. The smallest absolute Gasteiger partial charge is 0.255 e. The Morgan fingerprint density at radius 2 is 2.36 bits per heavy atom. The van der Waals surface area contributed by atoms with E-state index in [4.69, 9.17) is 0 Å². The van der Waals surface area contributed by atoms with Gasteiger partial charge in [0.05, 0.1) is 5.56 Å². The van der Waals surface area contributed by atoms with E-state index in [1.807, 2.05) is 11.0 Å². The highest BCUT2D eigenvalue weighted by Crippen LogP contribution is 2.54. The Labute approximate surface area is 87.5 Å². The highest BCUT2D eigenvalue weighted by atomic mass is 32.1. The Balaban J connectivity index is 2.11. The molecule has 1 spiro atoms. The molecule has 74 valence electrons. The molecule has 1 amide bonds. The third kappa shape index (κ3) is 0.934. The lowest BCUT2D eigenvalue weighted by Gasteiger charge is -2.31. The molecule has 0 atom stereocenters. The average molecular weight is 207 g/mol. The van der Waals surface area contributed by atoms with Crippen molar-refractivity contribution < 1.29 is 4.79 Å². The second kappa shape index (κ2) is 2.60. The van der Waals surface area contributed by atoms with Crippen LogP contribution in [0.1, 0.15) is 35.0 Å². The standard InChI is InChI=1S/C11H13NOS/c1-2-12-7-11(4-5-11)9-8(10(12)13)3-6-14-9/h3,6H,2,4-5,7H2,1H3. The Bertz CT molecular complexity index is 392. The van der Waals surface area contributed by atoms with E-state index >= 15 is 0 Å². The van der Waals surface area contributed by atoms with E-state index in [1.54, 1.807) is 11.3 Å². The summed E-state index contributed by atoms with van der Waals surface area (Å²) < 4.78 is 0. The van der Waals surface area contributed by atoms with Crippen LogP contribution in [0.2, 0.25) is 0 Å². The Hall–Kier alpha value is -0.830. The van der Waals surface area contributed by atoms with Crippen molar-refractivity contribution in [2.45, 2.75) is 25.2 Å². The topological polar surface area (TPSA) is 20.3 Å². The van der Waals surface area contributed by atoms with Crippen molar-refractivity contribution >= 4 is 17.2 Å². The van der Waals surface area contributed by atoms with E-state index < -0.39 is 0 Å². The number of rotatable bonds is 1. The first kappa shape index (κ1) is 8.48. The summed E-state index contributed by atoms with van der Waals surface area (Å²) in [5.74, 6) is 0.237. The molecular formula is C11H13NOS. The minimum Gasteiger partial charge on any atom is -0.338 e. The van der Waals surface area contributed by atoms with Gasteiger partial charge in [-0.05, 0) is 31.2 Å². The van der Waals surface area contributed by atoms with Gasteiger partial charge in [0.25, 0.3) is 5.91 Å². The number of thiophene rings is 1. The quantitative estimate of drug-likeness (QED) is 0.691. The Morgan fingerprint density at radius 1 is 1.57 bits per heavy atom. The average Bonchev–Trinajstić information content (AvgIpc) is 2.78. The lowest BCUT2D eigenvalue weighted by Crippen LogP contribution is -2.42. The van der Waals surface area contributed by atoms with Crippen LogP contribution in [0.5, 0.6) is 0 Å². The molecule has 2 aliphatic rings. The van der Waals surface area contributed by atoms with E-state index in [-0.39, 0.29) is 5.91 Å². The zero-order valence-electron chi connectivity index (χ0n) is 8.25. The Kier molecular flexibility index (Phi) is 1.57. The lowest BCUT2D eigenvalue weighted by atomic mass is 9.95. The van der Waals surface area contributed by atoms with Gasteiger partial charge in [0.2, 0.25) is 0 Å². The second-order valence-electron chi connectivity index (χ2n) is 4.26. The van der Waals surface area contributed by atoms with Gasteiger partial charge in [-0.1, -0.05) is 0 Å². The van der Waals surface area contributed by atoms with Gasteiger partial charge in [-0.2, -0.15) is 0 Å². The summed E-state index contributed by atoms with van der Waals surface area (Å²) in [6.45, 7) is 3.86. The monoisotopic (exact) mass is 207 g/mol. The number of carbonyl (C=O) groups is 1. The molecule has 0 bridgehead atoms. The molecule has 1 aliphatic carbocycles. The molecule has 1 aliphatic heterocycles. The molecule has 1 aromatic rings. The van der Waals surface area contributed by atoms with Crippen LogP contribution < -0.4 is 0 Å². The molecule has 14 heavy (non-hydrogen) atoms. The van der Waals surface area contributed by atoms with E-state index in [0.29, 0.717) is 5.41 Å². The number of fused-ring (bicyclic) bond motifs is 2. The van der Waals surface area contributed by atoms with Gasteiger partial charge in [-0.25, -0.2) is 0 Å². The summed E-state index contributed by atoms with van der Waals surface area (Å²) in [5, 5.41) is 2.06. The molecule has 1 aromatic heterocycles. The molecule has 1 fully saturated rings. The molecule has 0 aromatic carbocycles. The number of likely N-dealkylation sites (N-methyl/N-ethyl adjacent to an activating group) is 1. The van der Waals surface area contributed by atoms with Crippen LogP contribution in [0.15, 0.2) is 11.4 Å². The van der Waals surface area contributed by atoms with Crippen LogP contribution in [0, 0.1) is 0 Å². The van der Waals surface area contributed by atoms with E-state index in [2.05, 4.69) is 12.3 Å². The fourth-order valence-corrected chi connectivity index (χ4v) is 3.50. The summed E-state index contributed by atoms with van der Waals surface area (Å²) in [6.07, 6.45) is 2.54. The third-order valence-corrected chi connectivity index (χ3v) is 4.55.